The molecule has 0 saturated heterocycles. The van der Waals surface area contributed by atoms with E-state index in [1.165, 1.54) is 0 Å². The first-order chi connectivity index (χ1) is 12.4. The van der Waals surface area contributed by atoms with E-state index in [2.05, 4.69) is 4.72 Å². The molecule has 0 bridgehead atoms. The van der Waals surface area contributed by atoms with Crippen LogP contribution < -0.4 is 9.62 Å². The molecule has 0 spiro atoms. The highest BCUT2D eigenvalue weighted by atomic mass is 32.2. The molecule has 1 N–H and O–H groups in total. The molecule has 0 fully saturated rings. The van der Waals surface area contributed by atoms with E-state index in [1.807, 2.05) is 36.9 Å². The standard InChI is InChI=1S/C20H22N2O3S/c1-3-14-7-4-5-9-18(14)21-26(24,25)16-11-15-8-6-10-22-19(15)17(12-16)13(2)20(22)23/h4-5,7,9,11-13,21H,3,6,8,10H2,1-2H3/t13-/m1/s1. The summed E-state index contributed by atoms with van der Waals surface area (Å²) in [6.07, 6.45) is 2.41. The lowest BCUT2D eigenvalue weighted by Crippen LogP contribution is -2.32. The Morgan fingerprint density at radius 2 is 2.00 bits per heavy atom. The molecule has 136 valence electrons. The zero-order valence-electron chi connectivity index (χ0n) is 15.0. The Bertz CT molecular complexity index is 998. The van der Waals surface area contributed by atoms with Crippen LogP contribution in [0.1, 0.15) is 42.9 Å². The molecular weight excluding hydrogens is 348 g/mol. The summed E-state index contributed by atoms with van der Waals surface area (Å²) in [6, 6.07) is 10.8. The first-order valence-electron chi connectivity index (χ1n) is 9.01. The summed E-state index contributed by atoms with van der Waals surface area (Å²) in [5, 5.41) is 0. The van der Waals surface area contributed by atoms with Crippen LogP contribution in [0.4, 0.5) is 11.4 Å². The maximum absolute atomic E-state index is 13.0. The Kier molecular flexibility index (Phi) is 4.03. The number of para-hydroxylation sites is 1. The van der Waals surface area contributed by atoms with Gasteiger partial charge in [-0.1, -0.05) is 25.1 Å². The first-order valence-corrected chi connectivity index (χ1v) is 10.5. The van der Waals surface area contributed by atoms with E-state index in [0.717, 1.165) is 48.2 Å². The molecule has 4 rings (SSSR count). The Morgan fingerprint density at radius 3 is 2.77 bits per heavy atom. The van der Waals surface area contributed by atoms with Crippen LogP contribution in [0.25, 0.3) is 0 Å². The molecular formula is C20H22N2O3S. The number of hydrogen-bond donors (Lipinski definition) is 1. The number of rotatable bonds is 4. The van der Waals surface area contributed by atoms with Crippen molar-refractivity contribution >= 4 is 27.3 Å². The van der Waals surface area contributed by atoms with Gasteiger partial charge in [0.1, 0.15) is 0 Å². The second-order valence-corrected chi connectivity index (χ2v) is 8.63. The Labute approximate surface area is 154 Å². The molecule has 2 aliphatic rings. The molecule has 2 aromatic carbocycles. The number of carbonyl (C=O) groups is 1. The second kappa shape index (κ2) is 6.13. The Morgan fingerprint density at radius 1 is 1.23 bits per heavy atom. The van der Waals surface area contributed by atoms with Crippen LogP contribution in [-0.2, 0) is 27.7 Å². The van der Waals surface area contributed by atoms with Gasteiger partial charge in [-0.2, -0.15) is 0 Å². The Balaban J connectivity index is 1.78. The minimum atomic E-state index is -3.71. The third-order valence-corrected chi connectivity index (χ3v) is 6.69. The minimum Gasteiger partial charge on any atom is -0.311 e. The van der Waals surface area contributed by atoms with Gasteiger partial charge < -0.3 is 4.90 Å². The maximum atomic E-state index is 13.0. The Hall–Kier alpha value is -2.34. The van der Waals surface area contributed by atoms with E-state index < -0.39 is 10.0 Å². The lowest BCUT2D eigenvalue weighted by atomic mass is 9.97. The van der Waals surface area contributed by atoms with E-state index in [4.69, 9.17) is 0 Å². The van der Waals surface area contributed by atoms with E-state index >= 15 is 0 Å². The summed E-state index contributed by atoms with van der Waals surface area (Å²) in [7, 11) is -3.71. The third-order valence-electron chi connectivity index (χ3n) is 5.35. The second-order valence-electron chi connectivity index (χ2n) is 6.95. The van der Waals surface area contributed by atoms with E-state index in [-0.39, 0.29) is 16.7 Å². The molecule has 0 radical (unpaired) electrons. The molecule has 2 aliphatic heterocycles. The molecule has 1 atom stereocenters. The predicted molar refractivity (Wildman–Crippen MR) is 102 cm³/mol. The molecule has 0 unspecified atom stereocenters. The van der Waals surface area contributed by atoms with Crippen LogP contribution in [0.3, 0.4) is 0 Å². The number of sulfonamides is 1. The summed E-state index contributed by atoms with van der Waals surface area (Å²) in [5.41, 5.74) is 4.27. The van der Waals surface area contributed by atoms with Crippen molar-refractivity contribution in [1.29, 1.82) is 0 Å². The summed E-state index contributed by atoms with van der Waals surface area (Å²) >= 11 is 0. The number of benzene rings is 2. The van der Waals surface area contributed by atoms with Gasteiger partial charge in [0.2, 0.25) is 5.91 Å². The molecule has 0 aromatic heterocycles. The van der Waals surface area contributed by atoms with Gasteiger partial charge in [-0.15, -0.1) is 0 Å². The smallest absolute Gasteiger partial charge is 0.261 e. The fourth-order valence-electron chi connectivity index (χ4n) is 3.95. The van der Waals surface area contributed by atoms with Crippen molar-refractivity contribution in [1.82, 2.24) is 0 Å². The lowest BCUT2D eigenvalue weighted by Gasteiger charge is -2.26. The molecule has 5 nitrogen and oxygen atoms in total. The molecule has 6 heteroatoms. The summed E-state index contributed by atoms with van der Waals surface area (Å²) in [4.78, 5) is 14.5. The van der Waals surface area contributed by atoms with Crippen molar-refractivity contribution < 1.29 is 13.2 Å². The van der Waals surface area contributed by atoms with Crippen molar-refractivity contribution in [3.63, 3.8) is 0 Å². The number of amides is 1. The average Bonchev–Trinajstić information content (AvgIpc) is 2.88. The minimum absolute atomic E-state index is 0.0692. The molecule has 2 aromatic rings. The van der Waals surface area contributed by atoms with Crippen LogP contribution in [-0.4, -0.2) is 20.9 Å². The van der Waals surface area contributed by atoms with E-state index in [1.54, 1.807) is 18.2 Å². The number of nitrogens with zero attached hydrogens (tertiary/aromatic N) is 1. The third kappa shape index (κ3) is 2.60. The number of nitrogens with one attached hydrogen (secondary N) is 1. The molecule has 0 aliphatic carbocycles. The molecule has 26 heavy (non-hydrogen) atoms. The molecule has 1 amide bonds. The monoisotopic (exact) mass is 370 g/mol. The van der Waals surface area contributed by atoms with Crippen LogP contribution in [0.2, 0.25) is 0 Å². The van der Waals surface area contributed by atoms with Crippen molar-refractivity contribution in [2.75, 3.05) is 16.2 Å². The number of anilines is 2. The van der Waals surface area contributed by atoms with Gasteiger partial charge in [0.15, 0.2) is 0 Å². The number of carbonyl (C=O) groups excluding carboxylic acids is 1. The number of hydrogen-bond acceptors (Lipinski definition) is 3. The van der Waals surface area contributed by atoms with Crippen LogP contribution in [0, 0.1) is 0 Å². The topological polar surface area (TPSA) is 66.5 Å². The van der Waals surface area contributed by atoms with Crippen LogP contribution in [0.15, 0.2) is 41.3 Å². The van der Waals surface area contributed by atoms with Gasteiger partial charge in [0.25, 0.3) is 10.0 Å². The van der Waals surface area contributed by atoms with Crippen molar-refractivity contribution in [3.8, 4) is 0 Å². The van der Waals surface area contributed by atoms with Crippen molar-refractivity contribution in [3.05, 3.63) is 53.1 Å². The van der Waals surface area contributed by atoms with Gasteiger partial charge in [0, 0.05) is 6.54 Å². The van der Waals surface area contributed by atoms with Gasteiger partial charge in [-0.3, -0.25) is 9.52 Å². The highest BCUT2D eigenvalue weighted by Gasteiger charge is 2.38. The SMILES string of the molecule is CCc1ccccc1NS(=O)(=O)c1cc2c3c(c1)[C@@H](C)C(=O)N3CCC2. The largest absolute Gasteiger partial charge is 0.311 e. The quantitative estimate of drug-likeness (QED) is 0.896. The summed E-state index contributed by atoms with van der Waals surface area (Å²) in [5.74, 6) is -0.222. The van der Waals surface area contributed by atoms with Gasteiger partial charge >= 0.3 is 0 Å². The fraction of sp³-hybridized carbons (Fsp3) is 0.350. The first kappa shape index (κ1) is 17.1. The van der Waals surface area contributed by atoms with Crippen molar-refractivity contribution in [2.24, 2.45) is 0 Å². The van der Waals surface area contributed by atoms with Gasteiger partial charge in [-0.05, 0) is 61.1 Å². The fourth-order valence-corrected chi connectivity index (χ4v) is 5.14. The summed E-state index contributed by atoms with van der Waals surface area (Å²) in [6.45, 7) is 4.57. The predicted octanol–water partition coefficient (Wildman–Crippen LogP) is 3.45. The van der Waals surface area contributed by atoms with E-state index in [9.17, 15) is 13.2 Å². The zero-order valence-corrected chi connectivity index (χ0v) is 15.8. The normalized spacial score (nSPS) is 18.8. The van der Waals surface area contributed by atoms with Gasteiger partial charge in [0.05, 0.1) is 22.2 Å². The average molecular weight is 370 g/mol. The maximum Gasteiger partial charge on any atom is 0.261 e. The van der Waals surface area contributed by atoms with Gasteiger partial charge in [-0.25, -0.2) is 8.42 Å². The number of aryl methyl sites for hydroxylation is 2. The zero-order chi connectivity index (χ0) is 18.5. The van der Waals surface area contributed by atoms with Crippen molar-refractivity contribution in [2.45, 2.75) is 43.9 Å². The highest BCUT2D eigenvalue weighted by Crippen LogP contribution is 2.44. The van der Waals surface area contributed by atoms with Crippen LogP contribution >= 0.6 is 0 Å². The molecule has 0 saturated carbocycles. The summed E-state index contributed by atoms with van der Waals surface area (Å²) < 4.78 is 28.8. The lowest BCUT2D eigenvalue weighted by molar-refractivity contribution is -0.119. The van der Waals surface area contributed by atoms with Crippen LogP contribution in [0.5, 0.6) is 0 Å². The van der Waals surface area contributed by atoms with E-state index in [0.29, 0.717) is 5.69 Å². The molecule has 2 heterocycles. The highest BCUT2D eigenvalue weighted by molar-refractivity contribution is 7.92.